The van der Waals surface area contributed by atoms with Crippen molar-refractivity contribution in [3.05, 3.63) is 28.4 Å². The van der Waals surface area contributed by atoms with Crippen molar-refractivity contribution in [3.8, 4) is 5.82 Å². The van der Waals surface area contributed by atoms with Crippen molar-refractivity contribution >= 4 is 33.5 Å². The van der Waals surface area contributed by atoms with Crippen LogP contribution in [0.4, 0.5) is 11.6 Å². The molecule has 1 saturated carbocycles. The molecule has 0 aromatic carbocycles. The van der Waals surface area contributed by atoms with E-state index in [-0.39, 0.29) is 11.4 Å². The largest absolute Gasteiger partial charge is 0.465 e. The predicted molar refractivity (Wildman–Crippen MR) is 81.5 cm³/mol. The van der Waals surface area contributed by atoms with Gasteiger partial charge in [0.2, 0.25) is 0 Å². The molecule has 8 heteroatoms. The van der Waals surface area contributed by atoms with Crippen molar-refractivity contribution in [2.75, 3.05) is 18.2 Å². The van der Waals surface area contributed by atoms with Gasteiger partial charge in [0.1, 0.15) is 11.4 Å². The van der Waals surface area contributed by atoms with Gasteiger partial charge in [-0.05, 0) is 40.9 Å². The monoisotopic (exact) mass is 351 g/mol. The number of nitrogens with two attached hydrogens (primary N) is 1. The Labute approximate surface area is 129 Å². The number of nitrogen functional groups attached to an aromatic ring is 1. The maximum absolute atomic E-state index is 11.9. The van der Waals surface area contributed by atoms with Gasteiger partial charge in [-0.15, -0.1) is 5.10 Å². The summed E-state index contributed by atoms with van der Waals surface area (Å²) in [6, 6.07) is 3.93. The van der Waals surface area contributed by atoms with Crippen LogP contribution in [0.15, 0.2) is 22.8 Å². The van der Waals surface area contributed by atoms with E-state index in [1.165, 1.54) is 11.8 Å². The highest BCUT2D eigenvalue weighted by atomic mass is 79.9. The summed E-state index contributed by atoms with van der Waals surface area (Å²) in [4.78, 5) is 16.2. The van der Waals surface area contributed by atoms with Gasteiger partial charge >= 0.3 is 5.97 Å². The first kappa shape index (κ1) is 13.9. The van der Waals surface area contributed by atoms with E-state index in [0.29, 0.717) is 17.7 Å². The number of hydrogen-bond acceptors (Lipinski definition) is 6. The van der Waals surface area contributed by atoms with Gasteiger partial charge in [-0.3, -0.25) is 0 Å². The zero-order valence-corrected chi connectivity index (χ0v) is 12.9. The second-order valence-electron chi connectivity index (χ2n) is 4.77. The number of hydrogen-bond donors (Lipinski definition) is 2. The average Bonchev–Trinajstić information content (AvgIpc) is 3.23. The summed E-state index contributed by atoms with van der Waals surface area (Å²) in [5, 5.41) is 7.55. The Bertz CT molecular complexity index is 679. The molecule has 110 valence electrons. The quantitative estimate of drug-likeness (QED) is 0.817. The van der Waals surface area contributed by atoms with Crippen molar-refractivity contribution in [3.63, 3.8) is 0 Å². The van der Waals surface area contributed by atoms with Crippen LogP contribution in [0.2, 0.25) is 0 Å². The number of methoxy groups -OCH3 is 1. The zero-order valence-electron chi connectivity index (χ0n) is 11.3. The van der Waals surface area contributed by atoms with Gasteiger partial charge in [0.15, 0.2) is 11.6 Å². The first-order chi connectivity index (χ1) is 10.1. The highest BCUT2D eigenvalue weighted by Gasteiger charge is 2.29. The molecule has 3 rings (SSSR count). The van der Waals surface area contributed by atoms with Crippen LogP contribution in [-0.4, -0.2) is 33.9 Å². The molecule has 2 heterocycles. The molecule has 1 aliphatic rings. The molecular weight excluding hydrogens is 338 g/mol. The minimum Gasteiger partial charge on any atom is -0.465 e. The molecule has 0 amide bonds. The van der Waals surface area contributed by atoms with E-state index in [1.54, 1.807) is 12.3 Å². The third-order valence-electron chi connectivity index (χ3n) is 3.16. The molecule has 21 heavy (non-hydrogen) atoms. The SMILES string of the molecule is COC(=O)c1c(NC2CC2)nn(-c2ccc(Br)cn2)c1N. The Morgan fingerprint density at radius 3 is 2.86 bits per heavy atom. The summed E-state index contributed by atoms with van der Waals surface area (Å²) >= 11 is 3.32. The van der Waals surface area contributed by atoms with E-state index in [1.807, 2.05) is 6.07 Å². The highest BCUT2D eigenvalue weighted by molar-refractivity contribution is 9.10. The maximum atomic E-state index is 11.9. The molecule has 0 bridgehead atoms. The van der Waals surface area contributed by atoms with Crippen molar-refractivity contribution in [2.45, 2.75) is 18.9 Å². The molecule has 1 aliphatic carbocycles. The number of pyridine rings is 1. The zero-order chi connectivity index (χ0) is 15.0. The molecule has 2 aromatic heterocycles. The number of ether oxygens (including phenoxy) is 1. The Morgan fingerprint density at radius 2 is 2.29 bits per heavy atom. The molecule has 0 saturated heterocycles. The number of esters is 1. The normalized spacial score (nSPS) is 14.0. The Hall–Kier alpha value is -2.09. The van der Waals surface area contributed by atoms with E-state index in [9.17, 15) is 4.79 Å². The van der Waals surface area contributed by atoms with E-state index < -0.39 is 5.97 Å². The Morgan fingerprint density at radius 1 is 1.52 bits per heavy atom. The maximum Gasteiger partial charge on any atom is 0.345 e. The lowest BCUT2D eigenvalue weighted by molar-refractivity contribution is 0.0603. The number of carbonyl (C=O) groups excluding carboxylic acids is 1. The summed E-state index contributed by atoms with van der Waals surface area (Å²) in [7, 11) is 1.32. The molecule has 7 nitrogen and oxygen atoms in total. The molecule has 3 N–H and O–H groups in total. The van der Waals surface area contributed by atoms with E-state index in [0.717, 1.165) is 17.3 Å². The van der Waals surface area contributed by atoms with Gasteiger partial charge in [-0.25, -0.2) is 9.78 Å². The second-order valence-corrected chi connectivity index (χ2v) is 5.68. The van der Waals surface area contributed by atoms with Crippen LogP contribution < -0.4 is 11.1 Å². The number of aromatic nitrogens is 3. The van der Waals surface area contributed by atoms with Crippen LogP contribution >= 0.6 is 15.9 Å². The lowest BCUT2D eigenvalue weighted by atomic mass is 10.3. The first-order valence-electron chi connectivity index (χ1n) is 6.45. The number of nitrogens with zero attached hydrogens (tertiary/aromatic N) is 3. The molecule has 0 atom stereocenters. The predicted octanol–water partition coefficient (Wildman–Crippen LogP) is 1.97. The van der Waals surface area contributed by atoms with E-state index >= 15 is 0 Å². The molecule has 0 spiro atoms. The smallest absolute Gasteiger partial charge is 0.345 e. The van der Waals surface area contributed by atoms with Crippen LogP contribution in [0.5, 0.6) is 0 Å². The van der Waals surface area contributed by atoms with Crippen molar-refractivity contribution in [1.29, 1.82) is 0 Å². The minimum absolute atomic E-state index is 0.208. The standard InChI is InChI=1S/C13H14BrN5O2/c1-21-13(20)10-11(15)19(9-5-2-7(14)6-16-9)18-12(10)17-8-3-4-8/h2,5-6,8H,3-4,15H2,1H3,(H,17,18). The highest BCUT2D eigenvalue weighted by Crippen LogP contribution is 2.30. The Balaban J connectivity index is 2.06. The Kier molecular flexibility index (Phi) is 3.54. The second kappa shape index (κ2) is 5.36. The number of nitrogens with one attached hydrogen (secondary N) is 1. The topological polar surface area (TPSA) is 95.1 Å². The van der Waals surface area contributed by atoms with Gasteiger partial charge in [0.05, 0.1) is 7.11 Å². The average molecular weight is 352 g/mol. The third kappa shape index (κ3) is 2.71. The lowest BCUT2D eigenvalue weighted by Crippen LogP contribution is -2.10. The van der Waals surface area contributed by atoms with Gasteiger partial charge in [-0.1, -0.05) is 0 Å². The molecule has 1 fully saturated rings. The van der Waals surface area contributed by atoms with Crippen molar-refractivity contribution in [2.24, 2.45) is 0 Å². The minimum atomic E-state index is -0.515. The molecule has 0 unspecified atom stereocenters. The summed E-state index contributed by atoms with van der Waals surface area (Å²) in [5.41, 5.74) is 6.30. The number of carbonyl (C=O) groups is 1. The van der Waals surface area contributed by atoms with Crippen LogP contribution in [0.3, 0.4) is 0 Å². The fraction of sp³-hybridized carbons (Fsp3) is 0.308. The summed E-state index contributed by atoms with van der Waals surface area (Å²) < 4.78 is 7.07. The fourth-order valence-corrected chi connectivity index (χ4v) is 2.16. The van der Waals surface area contributed by atoms with E-state index in [4.69, 9.17) is 10.5 Å². The number of anilines is 2. The summed E-state index contributed by atoms with van der Waals surface area (Å²) in [6.07, 6.45) is 3.76. The first-order valence-corrected chi connectivity index (χ1v) is 7.24. The van der Waals surface area contributed by atoms with Crippen LogP contribution in [0.25, 0.3) is 5.82 Å². The molecule has 2 aromatic rings. The van der Waals surface area contributed by atoms with Crippen LogP contribution in [-0.2, 0) is 4.74 Å². The summed E-state index contributed by atoms with van der Waals surface area (Å²) in [6.45, 7) is 0. The molecule has 0 aliphatic heterocycles. The number of halogens is 1. The van der Waals surface area contributed by atoms with Crippen LogP contribution in [0.1, 0.15) is 23.2 Å². The van der Waals surface area contributed by atoms with Gasteiger partial charge < -0.3 is 15.8 Å². The summed E-state index contributed by atoms with van der Waals surface area (Å²) in [5.74, 6) is 0.662. The van der Waals surface area contributed by atoms with E-state index in [2.05, 4.69) is 31.3 Å². The van der Waals surface area contributed by atoms with Gasteiger partial charge in [0, 0.05) is 16.7 Å². The van der Waals surface area contributed by atoms with Gasteiger partial charge in [-0.2, -0.15) is 4.68 Å². The van der Waals surface area contributed by atoms with Gasteiger partial charge in [0.25, 0.3) is 0 Å². The third-order valence-corrected chi connectivity index (χ3v) is 3.63. The molecular formula is C13H14BrN5O2. The lowest BCUT2D eigenvalue weighted by Gasteiger charge is -2.03. The fourth-order valence-electron chi connectivity index (χ4n) is 1.92. The van der Waals surface area contributed by atoms with Crippen molar-refractivity contribution in [1.82, 2.24) is 14.8 Å². The molecule has 0 radical (unpaired) electrons. The van der Waals surface area contributed by atoms with Crippen molar-refractivity contribution < 1.29 is 9.53 Å². The van der Waals surface area contributed by atoms with Crippen LogP contribution in [0, 0.1) is 0 Å². The number of rotatable bonds is 4.